The summed E-state index contributed by atoms with van der Waals surface area (Å²) in [7, 11) is 0. The molecule has 0 spiro atoms. The molecule has 0 atom stereocenters. The van der Waals surface area contributed by atoms with Gasteiger partial charge in [0.25, 0.3) is 0 Å². The Balaban J connectivity index is -0.000000240. The van der Waals surface area contributed by atoms with Gasteiger partial charge in [0.2, 0.25) is 0 Å². The molecule has 0 rings (SSSR count). The average Bonchev–Trinajstić information content (AvgIpc) is 2.64. The van der Waals surface area contributed by atoms with Gasteiger partial charge in [0.1, 0.15) is 5.60 Å². The van der Waals surface area contributed by atoms with Crippen LogP contribution in [0.3, 0.4) is 0 Å². The number of carboxylic acid groups (broad SMARTS) is 9. The summed E-state index contributed by atoms with van der Waals surface area (Å²) >= 11 is 0. The smallest absolute Gasteiger partial charge is 0.550 e. The number of aliphatic hydroxyl groups is 3. The van der Waals surface area contributed by atoms with Crippen molar-refractivity contribution < 1.29 is 137 Å². The first-order chi connectivity index (χ1) is 17.3. The molecule has 9 N–H and O–H groups in total. The fourth-order valence-electron chi connectivity index (χ4n) is 2.11. The van der Waals surface area contributed by atoms with Gasteiger partial charge in [0.15, 0.2) is 11.2 Å². The summed E-state index contributed by atoms with van der Waals surface area (Å²) in [6.45, 7) is 0. The van der Waals surface area contributed by atoms with E-state index in [1.54, 1.807) is 0 Å². The van der Waals surface area contributed by atoms with E-state index in [2.05, 4.69) is 0 Å². The van der Waals surface area contributed by atoms with Crippen molar-refractivity contribution in [2.24, 2.45) is 0 Å². The van der Waals surface area contributed by atoms with Crippen molar-refractivity contribution in [1.29, 1.82) is 0 Å². The Morgan fingerprint density at radius 1 is 0.425 bits per heavy atom. The van der Waals surface area contributed by atoms with Crippen LogP contribution in [0.4, 0.5) is 0 Å². The zero-order valence-corrected chi connectivity index (χ0v) is 22.6. The van der Waals surface area contributed by atoms with E-state index in [1.807, 2.05) is 0 Å². The van der Waals surface area contributed by atoms with Gasteiger partial charge in [-0.2, -0.15) is 0 Å². The van der Waals surface area contributed by atoms with Gasteiger partial charge in [-0.3, -0.25) is 19.2 Å². The molecule has 0 radical (unpaired) electrons. The first-order valence-electron chi connectivity index (χ1n) is 9.45. The van der Waals surface area contributed by atoms with Crippen molar-refractivity contribution in [1.82, 2.24) is 0 Å². The molecule has 0 aromatic carbocycles. The van der Waals surface area contributed by atoms with Crippen LogP contribution >= 0.6 is 0 Å². The number of hydrogen-bond donors (Lipinski definition) is 9. The predicted octanol–water partition coefficient (Wildman–Crippen LogP) is -7.75. The molecular formula is C18H21O21Y. The van der Waals surface area contributed by atoms with Gasteiger partial charge in [0.05, 0.1) is 31.7 Å². The average molecular weight is 662 g/mol. The van der Waals surface area contributed by atoms with Crippen molar-refractivity contribution >= 4 is 53.7 Å². The molecule has 0 heterocycles. The van der Waals surface area contributed by atoms with Crippen molar-refractivity contribution in [3.8, 4) is 0 Å². The fraction of sp³-hybridized carbons (Fsp3) is 0.500. The van der Waals surface area contributed by atoms with E-state index in [0.29, 0.717) is 0 Å². The van der Waals surface area contributed by atoms with Gasteiger partial charge >= 0.3 is 68.5 Å². The van der Waals surface area contributed by atoms with Gasteiger partial charge in [0, 0.05) is 24.8 Å². The summed E-state index contributed by atoms with van der Waals surface area (Å²) in [5.74, 6) is -16.0. The monoisotopic (exact) mass is 662 g/mol. The van der Waals surface area contributed by atoms with Gasteiger partial charge in [-0.15, -0.1) is 0 Å². The summed E-state index contributed by atoms with van der Waals surface area (Å²) in [5, 5.41) is 107. The van der Waals surface area contributed by atoms with Gasteiger partial charge in [-0.1, -0.05) is 0 Å². The van der Waals surface area contributed by atoms with Crippen LogP contribution in [0.5, 0.6) is 0 Å². The SMILES string of the molecule is O=C(O)CC(O)(CC(=O)O)C(=O)O.O=C(O)CC(O)(CC(=O)O)C(=O)O.O=C([O-])CC(O)(CC(=O)[O-])C(=O)[O-].[Y+3]. The molecule has 0 aliphatic rings. The van der Waals surface area contributed by atoms with E-state index in [9.17, 15) is 58.5 Å². The predicted molar refractivity (Wildman–Crippen MR) is 103 cm³/mol. The molecule has 0 aliphatic heterocycles. The number of hydrogen-bond acceptors (Lipinski definition) is 15. The largest absolute Gasteiger partial charge is 3.00 e. The summed E-state index contributed by atoms with van der Waals surface area (Å²) in [6, 6.07) is 0. The van der Waals surface area contributed by atoms with Crippen LogP contribution in [0.25, 0.3) is 0 Å². The molecule has 222 valence electrons. The van der Waals surface area contributed by atoms with Crippen LogP contribution < -0.4 is 15.3 Å². The molecule has 0 fully saturated rings. The van der Waals surface area contributed by atoms with E-state index >= 15 is 0 Å². The summed E-state index contributed by atoms with van der Waals surface area (Å²) in [4.78, 5) is 91.0. The number of carboxylic acids is 9. The van der Waals surface area contributed by atoms with Crippen LogP contribution in [0, 0.1) is 0 Å². The van der Waals surface area contributed by atoms with Gasteiger partial charge in [-0.05, 0) is 0 Å². The minimum Gasteiger partial charge on any atom is -0.550 e. The van der Waals surface area contributed by atoms with E-state index in [1.165, 1.54) is 0 Å². The van der Waals surface area contributed by atoms with Crippen molar-refractivity contribution in [2.75, 3.05) is 0 Å². The van der Waals surface area contributed by atoms with Crippen LogP contribution in [0.1, 0.15) is 38.5 Å². The summed E-state index contributed by atoms with van der Waals surface area (Å²) in [5.41, 5.74) is -8.45. The summed E-state index contributed by atoms with van der Waals surface area (Å²) in [6.07, 6.45) is -7.29. The molecule has 0 saturated heterocycles. The third-order valence-electron chi connectivity index (χ3n) is 3.82. The second-order valence-electron chi connectivity index (χ2n) is 7.37. The van der Waals surface area contributed by atoms with E-state index in [4.69, 9.17) is 46.0 Å². The Hall–Kier alpha value is -3.79. The summed E-state index contributed by atoms with van der Waals surface area (Å²) < 4.78 is 0. The Labute approximate surface area is 245 Å². The molecule has 0 amide bonds. The molecular weight excluding hydrogens is 641 g/mol. The number of rotatable bonds is 15. The minimum absolute atomic E-state index is 0. The van der Waals surface area contributed by atoms with Crippen molar-refractivity contribution in [3.63, 3.8) is 0 Å². The minimum atomic E-state index is -2.97. The maximum absolute atomic E-state index is 10.3. The second kappa shape index (κ2) is 18.5. The zero-order valence-electron chi connectivity index (χ0n) is 19.7. The van der Waals surface area contributed by atoms with Crippen LogP contribution in [-0.2, 0) is 75.9 Å². The van der Waals surface area contributed by atoms with E-state index < -0.39 is 109 Å². The first kappa shape index (κ1) is 43.3. The van der Waals surface area contributed by atoms with Gasteiger partial charge in [-0.25, -0.2) is 9.59 Å². The molecule has 0 bridgehead atoms. The Kier molecular flexibility index (Phi) is 20.0. The standard InChI is InChI=1S/3C6H8O7.Y/c3*7-3(8)1-6(13,5(11)12)2-4(9)10;/h3*13H,1-2H2,(H,7,8)(H,9,10)(H,11,12);/q;;;+3/p-3. The maximum atomic E-state index is 10.3. The number of carbonyl (C=O) groups excluding carboxylic acids is 3. The third-order valence-corrected chi connectivity index (χ3v) is 3.82. The Morgan fingerprint density at radius 2 is 0.625 bits per heavy atom. The van der Waals surface area contributed by atoms with Crippen LogP contribution in [0.2, 0.25) is 0 Å². The van der Waals surface area contributed by atoms with Crippen molar-refractivity contribution in [3.05, 3.63) is 0 Å². The molecule has 22 heteroatoms. The van der Waals surface area contributed by atoms with Crippen LogP contribution in [-0.4, -0.2) is 116 Å². The Morgan fingerprint density at radius 3 is 0.725 bits per heavy atom. The number of carbonyl (C=O) groups is 9. The van der Waals surface area contributed by atoms with Gasteiger partial charge < -0.3 is 75.7 Å². The van der Waals surface area contributed by atoms with E-state index in [-0.39, 0.29) is 32.7 Å². The van der Waals surface area contributed by atoms with Crippen molar-refractivity contribution in [2.45, 2.75) is 55.3 Å². The quantitative estimate of drug-likeness (QED) is 0.0786. The number of aliphatic carboxylic acids is 9. The molecule has 0 aromatic heterocycles. The second-order valence-corrected chi connectivity index (χ2v) is 7.37. The normalized spacial score (nSPS) is 10.6. The molecule has 0 aromatic rings. The first-order valence-corrected chi connectivity index (χ1v) is 9.45. The maximum Gasteiger partial charge on any atom is 3.00 e. The molecule has 0 aliphatic carbocycles. The third kappa shape index (κ3) is 19.3. The molecule has 0 unspecified atom stereocenters. The fourth-order valence-corrected chi connectivity index (χ4v) is 2.11. The molecule has 21 nitrogen and oxygen atoms in total. The topological polar surface area (TPSA) is 405 Å². The molecule has 0 saturated carbocycles. The van der Waals surface area contributed by atoms with E-state index in [0.717, 1.165) is 0 Å². The van der Waals surface area contributed by atoms with Crippen LogP contribution in [0.15, 0.2) is 0 Å². The molecule has 40 heavy (non-hydrogen) atoms. The Bertz CT molecular complexity index is 812. The zero-order chi connectivity index (χ0) is 31.9.